The van der Waals surface area contributed by atoms with Crippen molar-refractivity contribution in [2.75, 3.05) is 0 Å². The summed E-state index contributed by atoms with van der Waals surface area (Å²) < 4.78 is 0. The normalized spacial score (nSPS) is 12.9. The lowest BCUT2D eigenvalue weighted by Gasteiger charge is -2.01. The number of carboxylic acid groups (broad SMARTS) is 1. The van der Waals surface area contributed by atoms with Crippen molar-refractivity contribution in [3.05, 3.63) is 29.6 Å². The molecule has 0 radical (unpaired) electrons. The van der Waals surface area contributed by atoms with Crippen LogP contribution >= 0.6 is 0 Å². The molecule has 2 N–H and O–H groups in total. The number of nitrogens with zero attached hydrogens (tertiary/aromatic N) is 1. The van der Waals surface area contributed by atoms with Gasteiger partial charge in [0.25, 0.3) is 0 Å². The molecule has 0 saturated carbocycles. The third-order valence-corrected chi connectivity index (χ3v) is 2.84. The number of carbonyl (C=O) groups is 1. The zero-order chi connectivity index (χ0) is 11.7. The number of fused-ring (bicyclic) bond motifs is 1. The molecule has 0 amide bonds. The fourth-order valence-corrected chi connectivity index (χ4v) is 1.65. The molecule has 1 atom stereocenters. The Morgan fingerprint density at radius 3 is 2.94 bits per heavy atom. The summed E-state index contributed by atoms with van der Waals surface area (Å²) in [6.07, 6.45) is 0.974. The molecule has 84 valence electrons. The number of rotatable bonds is 3. The Bertz CT molecular complexity index is 531. The second kappa shape index (κ2) is 3.96. The van der Waals surface area contributed by atoms with Crippen LogP contribution in [-0.2, 0) is 0 Å². The Labute approximate surface area is 93.3 Å². The van der Waals surface area contributed by atoms with Crippen molar-refractivity contribution in [1.29, 1.82) is 0 Å². The number of H-pyrrole nitrogens is 1. The van der Waals surface area contributed by atoms with Crippen LogP contribution in [0.3, 0.4) is 0 Å². The van der Waals surface area contributed by atoms with Gasteiger partial charge >= 0.3 is 5.97 Å². The zero-order valence-electron chi connectivity index (χ0n) is 9.32. The van der Waals surface area contributed by atoms with Crippen molar-refractivity contribution in [2.45, 2.75) is 26.2 Å². The van der Waals surface area contributed by atoms with Gasteiger partial charge in [0.05, 0.1) is 11.1 Å². The van der Waals surface area contributed by atoms with E-state index >= 15 is 0 Å². The van der Waals surface area contributed by atoms with E-state index in [4.69, 9.17) is 5.11 Å². The number of aromatic carboxylic acids is 1. The van der Waals surface area contributed by atoms with Crippen molar-refractivity contribution in [1.82, 2.24) is 9.97 Å². The lowest BCUT2D eigenvalue weighted by molar-refractivity contribution is 0.0699. The molecule has 0 aliphatic rings. The average Bonchev–Trinajstić information content (AvgIpc) is 2.70. The number of hydrogen-bond acceptors (Lipinski definition) is 2. The van der Waals surface area contributed by atoms with E-state index in [2.05, 4.69) is 23.8 Å². The number of hydrogen-bond donors (Lipinski definition) is 2. The summed E-state index contributed by atoms with van der Waals surface area (Å²) in [5.74, 6) is 0.230. The molecular formula is C12H14N2O2. The number of imidazole rings is 1. The van der Waals surface area contributed by atoms with Crippen LogP contribution in [0.4, 0.5) is 0 Å². The van der Waals surface area contributed by atoms with E-state index in [0.29, 0.717) is 11.4 Å². The fraction of sp³-hybridized carbons (Fsp3) is 0.333. The van der Waals surface area contributed by atoms with Crippen LogP contribution in [0.5, 0.6) is 0 Å². The van der Waals surface area contributed by atoms with Gasteiger partial charge in [-0.2, -0.15) is 0 Å². The highest BCUT2D eigenvalue weighted by molar-refractivity contribution is 6.00. The quantitative estimate of drug-likeness (QED) is 0.832. The monoisotopic (exact) mass is 218 g/mol. The van der Waals surface area contributed by atoms with Crippen LogP contribution in [-0.4, -0.2) is 21.0 Å². The van der Waals surface area contributed by atoms with Crippen molar-refractivity contribution in [2.24, 2.45) is 0 Å². The Morgan fingerprint density at radius 1 is 1.56 bits per heavy atom. The van der Waals surface area contributed by atoms with E-state index in [9.17, 15) is 4.79 Å². The maximum Gasteiger partial charge on any atom is 0.337 e. The molecule has 1 aromatic carbocycles. The molecule has 1 unspecified atom stereocenters. The molecule has 2 rings (SSSR count). The predicted molar refractivity (Wildman–Crippen MR) is 61.8 cm³/mol. The lowest BCUT2D eigenvalue weighted by Crippen LogP contribution is -1.97. The first-order valence-electron chi connectivity index (χ1n) is 5.35. The van der Waals surface area contributed by atoms with Crippen molar-refractivity contribution in [3.63, 3.8) is 0 Å². The lowest BCUT2D eigenvalue weighted by atomic mass is 10.1. The summed E-state index contributed by atoms with van der Waals surface area (Å²) in [5.41, 5.74) is 1.59. The van der Waals surface area contributed by atoms with Gasteiger partial charge in [0.15, 0.2) is 0 Å². The Balaban J connectivity index is 2.61. The van der Waals surface area contributed by atoms with E-state index in [0.717, 1.165) is 17.8 Å². The summed E-state index contributed by atoms with van der Waals surface area (Å²) in [7, 11) is 0. The third kappa shape index (κ3) is 1.66. The molecule has 1 aromatic heterocycles. The van der Waals surface area contributed by atoms with Gasteiger partial charge in [-0.05, 0) is 18.6 Å². The number of carboxylic acids is 1. The molecule has 0 aliphatic heterocycles. The molecule has 0 fully saturated rings. The number of aromatic amines is 1. The molecule has 0 spiro atoms. The van der Waals surface area contributed by atoms with Gasteiger partial charge in [0.2, 0.25) is 0 Å². The summed E-state index contributed by atoms with van der Waals surface area (Å²) >= 11 is 0. The first-order chi connectivity index (χ1) is 7.63. The zero-order valence-corrected chi connectivity index (χ0v) is 9.32. The third-order valence-electron chi connectivity index (χ3n) is 2.84. The second-order valence-electron chi connectivity index (χ2n) is 3.94. The van der Waals surface area contributed by atoms with Crippen LogP contribution in [0.2, 0.25) is 0 Å². The standard InChI is InChI=1S/C12H14N2O2/c1-3-7(2)11-13-9-6-4-5-8(12(15)16)10(9)14-11/h4-7H,3H2,1-2H3,(H,13,14)(H,15,16). The van der Waals surface area contributed by atoms with Crippen LogP contribution in [0.1, 0.15) is 42.4 Å². The summed E-state index contributed by atoms with van der Waals surface area (Å²) in [6, 6.07) is 5.15. The highest BCUT2D eigenvalue weighted by atomic mass is 16.4. The van der Waals surface area contributed by atoms with Crippen molar-refractivity contribution in [3.8, 4) is 0 Å². The minimum Gasteiger partial charge on any atom is -0.478 e. The molecule has 2 aromatic rings. The van der Waals surface area contributed by atoms with Gasteiger partial charge in [-0.1, -0.05) is 19.9 Å². The fourth-order valence-electron chi connectivity index (χ4n) is 1.65. The number of benzene rings is 1. The SMILES string of the molecule is CCC(C)c1nc2c(C(=O)O)cccc2[nH]1. The Hall–Kier alpha value is -1.84. The first-order valence-corrected chi connectivity index (χ1v) is 5.35. The molecule has 16 heavy (non-hydrogen) atoms. The molecule has 4 nitrogen and oxygen atoms in total. The topological polar surface area (TPSA) is 66.0 Å². The molecule has 4 heteroatoms. The van der Waals surface area contributed by atoms with Gasteiger partial charge in [0, 0.05) is 5.92 Å². The largest absolute Gasteiger partial charge is 0.478 e. The maximum atomic E-state index is 11.0. The van der Waals surface area contributed by atoms with Gasteiger partial charge in [-0.15, -0.1) is 0 Å². The molecule has 0 aliphatic carbocycles. The van der Waals surface area contributed by atoms with E-state index in [-0.39, 0.29) is 5.56 Å². The van der Waals surface area contributed by atoms with Gasteiger partial charge in [-0.3, -0.25) is 0 Å². The van der Waals surface area contributed by atoms with E-state index in [1.165, 1.54) is 0 Å². The highest BCUT2D eigenvalue weighted by Gasteiger charge is 2.14. The molecule has 1 heterocycles. The second-order valence-corrected chi connectivity index (χ2v) is 3.94. The Morgan fingerprint density at radius 2 is 2.31 bits per heavy atom. The minimum atomic E-state index is -0.937. The van der Waals surface area contributed by atoms with E-state index in [1.807, 2.05) is 6.07 Å². The molecular weight excluding hydrogens is 204 g/mol. The summed E-state index contributed by atoms with van der Waals surface area (Å²) in [5, 5.41) is 9.03. The van der Waals surface area contributed by atoms with Crippen LogP contribution < -0.4 is 0 Å². The van der Waals surface area contributed by atoms with E-state index in [1.54, 1.807) is 12.1 Å². The van der Waals surface area contributed by atoms with Crippen LogP contribution in [0, 0.1) is 0 Å². The van der Waals surface area contributed by atoms with Gasteiger partial charge in [-0.25, -0.2) is 9.78 Å². The molecule has 0 bridgehead atoms. The van der Waals surface area contributed by atoms with Gasteiger partial charge in [0.1, 0.15) is 11.3 Å². The highest BCUT2D eigenvalue weighted by Crippen LogP contribution is 2.22. The first kappa shape index (κ1) is 10.7. The Kier molecular flexibility index (Phi) is 2.64. The smallest absolute Gasteiger partial charge is 0.337 e. The minimum absolute atomic E-state index is 0.253. The van der Waals surface area contributed by atoms with Gasteiger partial charge < -0.3 is 10.1 Å². The molecule has 0 saturated heterocycles. The number of nitrogens with one attached hydrogen (secondary N) is 1. The average molecular weight is 218 g/mol. The maximum absolute atomic E-state index is 11.0. The van der Waals surface area contributed by atoms with Crippen LogP contribution in [0.25, 0.3) is 11.0 Å². The van der Waals surface area contributed by atoms with Crippen LogP contribution in [0.15, 0.2) is 18.2 Å². The predicted octanol–water partition coefficient (Wildman–Crippen LogP) is 2.77. The van der Waals surface area contributed by atoms with Crippen molar-refractivity contribution < 1.29 is 9.90 Å². The summed E-state index contributed by atoms with van der Waals surface area (Å²) in [4.78, 5) is 18.5. The number of para-hydroxylation sites is 1. The number of aromatic nitrogens is 2. The van der Waals surface area contributed by atoms with Crippen molar-refractivity contribution >= 4 is 17.0 Å². The summed E-state index contributed by atoms with van der Waals surface area (Å²) in [6.45, 7) is 4.15. The van der Waals surface area contributed by atoms with E-state index < -0.39 is 5.97 Å².